The molecule has 0 radical (unpaired) electrons. The number of hydrogen-bond donors (Lipinski definition) is 2. The van der Waals surface area contributed by atoms with E-state index in [0.29, 0.717) is 5.75 Å². The van der Waals surface area contributed by atoms with Crippen molar-refractivity contribution in [3.05, 3.63) is 29.8 Å². The summed E-state index contributed by atoms with van der Waals surface area (Å²) in [6, 6.07) is 7.45. The summed E-state index contributed by atoms with van der Waals surface area (Å²) in [5.41, 5.74) is 1.24. The summed E-state index contributed by atoms with van der Waals surface area (Å²) in [6.45, 7) is 2.05. The third-order valence-corrected chi connectivity index (χ3v) is 3.42. The molecule has 0 spiro atoms. The second-order valence-electron chi connectivity index (χ2n) is 4.80. The summed E-state index contributed by atoms with van der Waals surface area (Å²) in [4.78, 5) is 0. The van der Waals surface area contributed by atoms with Crippen LogP contribution in [0.4, 0.5) is 0 Å². The highest BCUT2D eigenvalue weighted by Crippen LogP contribution is 2.22. The van der Waals surface area contributed by atoms with Crippen molar-refractivity contribution in [1.29, 1.82) is 0 Å². The van der Waals surface area contributed by atoms with E-state index in [0.717, 1.165) is 19.0 Å². The van der Waals surface area contributed by atoms with E-state index in [2.05, 4.69) is 5.32 Å². The lowest BCUT2D eigenvalue weighted by atomic mass is 9.89. The molecule has 1 aromatic carbocycles. The second-order valence-corrected chi connectivity index (χ2v) is 4.80. The normalized spacial score (nSPS) is 17.5. The van der Waals surface area contributed by atoms with Gasteiger partial charge in [-0.05, 0) is 43.0 Å². The van der Waals surface area contributed by atoms with Crippen LogP contribution in [0, 0.1) is 5.92 Å². The van der Waals surface area contributed by atoms with Crippen molar-refractivity contribution < 1.29 is 5.11 Å². The molecule has 0 saturated heterocycles. The molecule has 2 rings (SSSR count). The summed E-state index contributed by atoms with van der Waals surface area (Å²) >= 11 is 0. The molecule has 1 fully saturated rings. The summed E-state index contributed by atoms with van der Waals surface area (Å²) < 4.78 is 0. The van der Waals surface area contributed by atoms with Crippen molar-refractivity contribution >= 4 is 0 Å². The Labute approximate surface area is 97.7 Å². The fraction of sp³-hybridized carbons (Fsp3) is 0.571. The first kappa shape index (κ1) is 11.5. The van der Waals surface area contributed by atoms with Gasteiger partial charge in [0.2, 0.25) is 0 Å². The largest absolute Gasteiger partial charge is 0.508 e. The van der Waals surface area contributed by atoms with Crippen LogP contribution in [0.25, 0.3) is 0 Å². The molecule has 2 N–H and O–H groups in total. The highest BCUT2D eigenvalue weighted by Gasteiger charge is 2.12. The molecule has 0 heterocycles. The van der Waals surface area contributed by atoms with E-state index in [1.807, 2.05) is 12.1 Å². The van der Waals surface area contributed by atoms with Gasteiger partial charge in [0.05, 0.1) is 0 Å². The molecule has 2 nitrogen and oxygen atoms in total. The summed E-state index contributed by atoms with van der Waals surface area (Å²) in [5.74, 6) is 1.22. The molecular weight excluding hydrogens is 198 g/mol. The van der Waals surface area contributed by atoms with E-state index in [-0.39, 0.29) is 0 Å². The van der Waals surface area contributed by atoms with Gasteiger partial charge in [0.25, 0.3) is 0 Å². The van der Waals surface area contributed by atoms with Crippen LogP contribution in [0.15, 0.2) is 24.3 Å². The van der Waals surface area contributed by atoms with Gasteiger partial charge in [-0.3, -0.25) is 0 Å². The van der Waals surface area contributed by atoms with Gasteiger partial charge in [0.15, 0.2) is 0 Å². The zero-order valence-electron chi connectivity index (χ0n) is 9.78. The number of rotatable bonds is 4. The highest BCUT2D eigenvalue weighted by atomic mass is 16.3. The van der Waals surface area contributed by atoms with Crippen molar-refractivity contribution in [3.8, 4) is 5.75 Å². The van der Waals surface area contributed by atoms with Crippen LogP contribution in [-0.2, 0) is 6.54 Å². The van der Waals surface area contributed by atoms with Crippen LogP contribution < -0.4 is 5.32 Å². The SMILES string of the molecule is Oc1ccc(CNCC2CCCCC2)cc1. The van der Waals surface area contributed by atoms with Gasteiger partial charge < -0.3 is 10.4 Å². The van der Waals surface area contributed by atoms with Gasteiger partial charge in [-0.2, -0.15) is 0 Å². The molecule has 1 saturated carbocycles. The highest BCUT2D eigenvalue weighted by molar-refractivity contribution is 5.25. The molecule has 0 aliphatic heterocycles. The van der Waals surface area contributed by atoms with E-state index in [1.165, 1.54) is 37.7 Å². The maximum Gasteiger partial charge on any atom is 0.115 e. The fourth-order valence-corrected chi connectivity index (χ4v) is 2.43. The molecule has 16 heavy (non-hydrogen) atoms. The predicted molar refractivity (Wildman–Crippen MR) is 66.4 cm³/mol. The van der Waals surface area contributed by atoms with Crippen molar-refractivity contribution in [3.63, 3.8) is 0 Å². The predicted octanol–water partition coefficient (Wildman–Crippen LogP) is 3.06. The second kappa shape index (κ2) is 5.90. The van der Waals surface area contributed by atoms with Crippen LogP contribution in [0.2, 0.25) is 0 Å². The Balaban J connectivity index is 1.69. The molecule has 1 aliphatic rings. The molecule has 0 atom stereocenters. The summed E-state index contributed by atoms with van der Waals surface area (Å²) in [5, 5.41) is 12.7. The smallest absolute Gasteiger partial charge is 0.115 e. The minimum Gasteiger partial charge on any atom is -0.508 e. The Hall–Kier alpha value is -1.02. The number of benzene rings is 1. The molecular formula is C14H21NO. The monoisotopic (exact) mass is 219 g/mol. The van der Waals surface area contributed by atoms with Crippen molar-refractivity contribution in [2.45, 2.75) is 38.6 Å². The zero-order chi connectivity index (χ0) is 11.2. The number of hydrogen-bond acceptors (Lipinski definition) is 2. The minimum absolute atomic E-state index is 0.344. The molecule has 0 amide bonds. The van der Waals surface area contributed by atoms with Gasteiger partial charge in [-0.25, -0.2) is 0 Å². The van der Waals surface area contributed by atoms with E-state index in [9.17, 15) is 0 Å². The van der Waals surface area contributed by atoms with Crippen LogP contribution in [0.5, 0.6) is 5.75 Å². The van der Waals surface area contributed by atoms with E-state index < -0.39 is 0 Å². The third-order valence-electron chi connectivity index (χ3n) is 3.42. The maximum absolute atomic E-state index is 9.17. The Morgan fingerprint density at radius 1 is 1.06 bits per heavy atom. The Kier molecular flexibility index (Phi) is 4.23. The van der Waals surface area contributed by atoms with Crippen LogP contribution in [0.3, 0.4) is 0 Å². The van der Waals surface area contributed by atoms with Crippen molar-refractivity contribution in [2.24, 2.45) is 5.92 Å². The lowest BCUT2D eigenvalue weighted by molar-refractivity contribution is 0.342. The minimum atomic E-state index is 0.344. The van der Waals surface area contributed by atoms with Crippen LogP contribution in [0.1, 0.15) is 37.7 Å². The molecule has 1 aromatic rings. The number of aromatic hydroxyl groups is 1. The van der Waals surface area contributed by atoms with Crippen molar-refractivity contribution in [2.75, 3.05) is 6.54 Å². The molecule has 0 aromatic heterocycles. The molecule has 2 heteroatoms. The topological polar surface area (TPSA) is 32.3 Å². The zero-order valence-corrected chi connectivity index (χ0v) is 9.78. The van der Waals surface area contributed by atoms with E-state index >= 15 is 0 Å². The average molecular weight is 219 g/mol. The van der Waals surface area contributed by atoms with E-state index in [1.54, 1.807) is 12.1 Å². The average Bonchev–Trinajstić information content (AvgIpc) is 2.33. The molecule has 0 bridgehead atoms. The van der Waals surface area contributed by atoms with Gasteiger partial charge >= 0.3 is 0 Å². The standard InChI is InChI=1S/C14H21NO/c16-14-8-6-13(7-9-14)11-15-10-12-4-2-1-3-5-12/h6-9,12,15-16H,1-5,10-11H2. The first-order valence-corrected chi connectivity index (χ1v) is 6.33. The fourth-order valence-electron chi connectivity index (χ4n) is 2.43. The van der Waals surface area contributed by atoms with Gasteiger partial charge in [0.1, 0.15) is 5.75 Å². The van der Waals surface area contributed by atoms with Crippen molar-refractivity contribution in [1.82, 2.24) is 5.32 Å². The summed E-state index contributed by atoms with van der Waals surface area (Å²) in [6.07, 6.45) is 7.02. The van der Waals surface area contributed by atoms with Gasteiger partial charge in [0, 0.05) is 6.54 Å². The number of phenolic OH excluding ortho intramolecular Hbond substituents is 1. The lowest BCUT2D eigenvalue weighted by Gasteiger charge is -2.21. The lowest BCUT2D eigenvalue weighted by Crippen LogP contribution is -2.24. The third kappa shape index (κ3) is 3.53. The first-order chi connectivity index (χ1) is 7.84. The summed E-state index contributed by atoms with van der Waals surface area (Å²) in [7, 11) is 0. The first-order valence-electron chi connectivity index (χ1n) is 6.33. The van der Waals surface area contributed by atoms with Gasteiger partial charge in [-0.1, -0.05) is 31.4 Å². The van der Waals surface area contributed by atoms with Gasteiger partial charge in [-0.15, -0.1) is 0 Å². The number of phenols is 1. The number of nitrogens with one attached hydrogen (secondary N) is 1. The van der Waals surface area contributed by atoms with Crippen LogP contribution in [-0.4, -0.2) is 11.7 Å². The Morgan fingerprint density at radius 2 is 1.75 bits per heavy atom. The van der Waals surface area contributed by atoms with E-state index in [4.69, 9.17) is 5.11 Å². The van der Waals surface area contributed by atoms with Crippen LogP contribution >= 0.6 is 0 Å². The molecule has 88 valence electrons. The Bertz CT molecular complexity index is 301. The molecule has 0 unspecified atom stereocenters. The maximum atomic E-state index is 9.17. The Morgan fingerprint density at radius 3 is 2.44 bits per heavy atom. The molecule has 1 aliphatic carbocycles. The quantitative estimate of drug-likeness (QED) is 0.815.